The van der Waals surface area contributed by atoms with Crippen molar-refractivity contribution in [2.45, 2.75) is 6.18 Å². The SMILES string of the molecule is C=Cc1cc(I)cc(OCC(F)(F)F)c1. The molecule has 0 atom stereocenters. The molecule has 0 aromatic heterocycles. The van der Waals surface area contributed by atoms with Crippen LogP contribution in [0.3, 0.4) is 0 Å². The Kier molecular flexibility index (Phi) is 4.01. The molecule has 15 heavy (non-hydrogen) atoms. The first-order chi connectivity index (χ1) is 6.90. The molecule has 0 N–H and O–H groups in total. The van der Waals surface area contributed by atoms with E-state index >= 15 is 0 Å². The lowest BCUT2D eigenvalue weighted by Gasteiger charge is -2.10. The van der Waals surface area contributed by atoms with Crippen molar-refractivity contribution in [3.8, 4) is 5.75 Å². The lowest BCUT2D eigenvalue weighted by Crippen LogP contribution is -2.19. The van der Waals surface area contributed by atoms with Gasteiger partial charge in [0.1, 0.15) is 5.75 Å². The molecular weight excluding hydrogens is 320 g/mol. The normalized spacial score (nSPS) is 11.2. The Hall–Kier alpha value is -0.720. The molecule has 0 unspecified atom stereocenters. The number of rotatable bonds is 3. The highest BCUT2D eigenvalue weighted by Crippen LogP contribution is 2.22. The molecule has 0 radical (unpaired) electrons. The van der Waals surface area contributed by atoms with Crippen LogP contribution in [0.1, 0.15) is 5.56 Å². The summed E-state index contributed by atoms with van der Waals surface area (Å²) in [6.07, 6.45) is -2.75. The standard InChI is InChI=1S/C10H8F3IO/c1-2-7-3-8(14)5-9(4-7)15-6-10(11,12)13/h2-5H,1,6H2. The predicted molar refractivity (Wildman–Crippen MR) is 60.8 cm³/mol. The molecule has 5 heteroatoms. The van der Waals surface area contributed by atoms with Gasteiger partial charge in [-0.3, -0.25) is 0 Å². The van der Waals surface area contributed by atoms with Crippen molar-refractivity contribution in [2.75, 3.05) is 6.61 Å². The van der Waals surface area contributed by atoms with Gasteiger partial charge in [0.2, 0.25) is 0 Å². The summed E-state index contributed by atoms with van der Waals surface area (Å²) < 4.78 is 41.1. The van der Waals surface area contributed by atoms with E-state index in [1.54, 1.807) is 18.2 Å². The molecule has 0 fully saturated rings. The maximum atomic E-state index is 11.9. The molecule has 0 aliphatic heterocycles. The molecule has 1 aromatic carbocycles. The zero-order valence-electron chi connectivity index (χ0n) is 7.64. The molecule has 1 nitrogen and oxygen atoms in total. The highest BCUT2D eigenvalue weighted by atomic mass is 127. The number of alkyl halides is 3. The van der Waals surface area contributed by atoms with Crippen LogP contribution in [0.15, 0.2) is 24.8 Å². The molecule has 0 aliphatic rings. The summed E-state index contributed by atoms with van der Waals surface area (Å²) in [4.78, 5) is 0. The van der Waals surface area contributed by atoms with Crippen molar-refractivity contribution in [1.82, 2.24) is 0 Å². The van der Waals surface area contributed by atoms with Gasteiger partial charge in [-0.25, -0.2) is 0 Å². The zero-order chi connectivity index (χ0) is 11.5. The van der Waals surface area contributed by atoms with Gasteiger partial charge < -0.3 is 4.74 Å². The largest absolute Gasteiger partial charge is 0.484 e. The van der Waals surface area contributed by atoms with Crippen LogP contribution >= 0.6 is 22.6 Å². The van der Waals surface area contributed by atoms with Gasteiger partial charge in [-0.05, 0) is 46.4 Å². The zero-order valence-corrected chi connectivity index (χ0v) is 9.80. The molecule has 0 aliphatic carbocycles. The Morgan fingerprint density at radius 3 is 2.53 bits per heavy atom. The van der Waals surface area contributed by atoms with Crippen LogP contribution in [-0.2, 0) is 0 Å². The minimum Gasteiger partial charge on any atom is -0.484 e. The summed E-state index contributed by atoms with van der Waals surface area (Å²) in [6, 6.07) is 4.86. The maximum absolute atomic E-state index is 11.9. The first-order valence-electron chi connectivity index (χ1n) is 4.03. The molecule has 0 bridgehead atoms. The van der Waals surface area contributed by atoms with Crippen molar-refractivity contribution < 1.29 is 17.9 Å². The van der Waals surface area contributed by atoms with Gasteiger partial charge >= 0.3 is 6.18 Å². The lowest BCUT2D eigenvalue weighted by atomic mass is 10.2. The van der Waals surface area contributed by atoms with Crippen molar-refractivity contribution in [1.29, 1.82) is 0 Å². The lowest BCUT2D eigenvalue weighted by molar-refractivity contribution is -0.153. The number of ether oxygens (including phenoxy) is 1. The second-order valence-electron chi connectivity index (χ2n) is 2.83. The van der Waals surface area contributed by atoms with E-state index < -0.39 is 12.8 Å². The number of hydrogen-bond acceptors (Lipinski definition) is 1. The second kappa shape index (κ2) is 4.87. The molecular formula is C10H8F3IO. The van der Waals surface area contributed by atoms with Gasteiger partial charge in [-0.1, -0.05) is 12.7 Å². The third-order valence-corrected chi connectivity index (χ3v) is 2.15. The van der Waals surface area contributed by atoms with Crippen LogP contribution in [0.5, 0.6) is 5.75 Å². The van der Waals surface area contributed by atoms with Crippen LogP contribution in [0, 0.1) is 3.57 Å². The van der Waals surface area contributed by atoms with E-state index in [1.807, 2.05) is 22.6 Å². The topological polar surface area (TPSA) is 9.23 Å². The average Bonchev–Trinajstić information content (AvgIpc) is 2.13. The van der Waals surface area contributed by atoms with Crippen molar-refractivity contribution in [2.24, 2.45) is 0 Å². The van der Waals surface area contributed by atoms with E-state index in [2.05, 4.69) is 11.3 Å². The Labute approximate surface area is 99.1 Å². The van der Waals surface area contributed by atoms with Gasteiger partial charge in [0.15, 0.2) is 6.61 Å². The minimum absolute atomic E-state index is 0.203. The van der Waals surface area contributed by atoms with E-state index in [1.165, 1.54) is 6.07 Å². The third kappa shape index (κ3) is 4.55. The van der Waals surface area contributed by atoms with Crippen LogP contribution < -0.4 is 4.74 Å². The van der Waals surface area contributed by atoms with E-state index in [0.29, 0.717) is 0 Å². The monoisotopic (exact) mass is 328 g/mol. The molecule has 0 heterocycles. The molecule has 1 rings (SSSR count). The quantitative estimate of drug-likeness (QED) is 0.766. The first-order valence-corrected chi connectivity index (χ1v) is 5.11. The molecule has 1 aromatic rings. The van der Waals surface area contributed by atoms with Crippen molar-refractivity contribution in [3.63, 3.8) is 0 Å². The Bertz CT molecular complexity index is 360. The number of halogens is 4. The fourth-order valence-electron chi connectivity index (χ4n) is 0.951. The van der Waals surface area contributed by atoms with Crippen LogP contribution in [0.25, 0.3) is 6.08 Å². The summed E-state index contributed by atoms with van der Waals surface area (Å²) >= 11 is 2.01. The summed E-state index contributed by atoms with van der Waals surface area (Å²) in [7, 11) is 0. The second-order valence-corrected chi connectivity index (χ2v) is 4.07. The van der Waals surface area contributed by atoms with Gasteiger partial charge in [-0.2, -0.15) is 13.2 Å². The van der Waals surface area contributed by atoms with E-state index in [0.717, 1.165) is 9.13 Å². The fraction of sp³-hybridized carbons (Fsp3) is 0.200. The summed E-state index contributed by atoms with van der Waals surface area (Å²) in [5.41, 5.74) is 0.735. The first kappa shape index (κ1) is 12.4. The Balaban J connectivity index is 2.77. The van der Waals surface area contributed by atoms with Gasteiger partial charge in [0.05, 0.1) is 0 Å². The summed E-state index contributed by atoms with van der Waals surface area (Å²) in [6.45, 7) is 2.27. The number of hydrogen-bond donors (Lipinski definition) is 0. The van der Waals surface area contributed by atoms with E-state index in [9.17, 15) is 13.2 Å². The van der Waals surface area contributed by atoms with Gasteiger partial charge in [0.25, 0.3) is 0 Å². The Morgan fingerprint density at radius 1 is 1.33 bits per heavy atom. The molecule has 82 valence electrons. The van der Waals surface area contributed by atoms with Gasteiger partial charge in [0, 0.05) is 3.57 Å². The molecule has 0 spiro atoms. The van der Waals surface area contributed by atoms with Crippen LogP contribution in [0.4, 0.5) is 13.2 Å². The summed E-state index contributed by atoms with van der Waals surface area (Å²) in [5, 5.41) is 0. The predicted octanol–water partition coefficient (Wildman–Crippen LogP) is 3.88. The van der Waals surface area contributed by atoms with Crippen molar-refractivity contribution >= 4 is 28.7 Å². The van der Waals surface area contributed by atoms with E-state index in [4.69, 9.17) is 0 Å². The molecule has 0 amide bonds. The highest BCUT2D eigenvalue weighted by Gasteiger charge is 2.28. The van der Waals surface area contributed by atoms with Crippen LogP contribution in [-0.4, -0.2) is 12.8 Å². The minimum atomic E-state index is -4.31. The maximum Gasteiger partial charge on any atom is 0.422 e. The number of benzene rings is 1. The van der Waals surface area contributed by atoms with Crippen molar-refractivity contribution in [3.05, 3.63) is 33.9 Å². The fourth-order valence-corrected chi connectivity index (χ4v) is 1.62. The van der Waals surface area contributed by atoms with Crippen LogP contribution in [0.2, 0.25) is 0 Å². The average molecular weight is 328 g/mol. The van der Waals surface area contributed by atoms with Gasteiger partial charge in [-0.15, -0.1) is 0 Å². The van der Waals surface area contributed by atoms with E-state index in [-0.39, 0.29) is 5.75 Å². The highest BCUT2D eigenvalue weighted by molar-refractivity contribution is 14.1. The Morgan fingerprint density at radius 2 is 2.00 bits per heavy atom. The molecule has 0 saturated heterocycles. The third-order valence-electron chi connectivity index (χ3n) is 1.53. The summed E-state index contributed by atoms with van der Waals surface area (Å²) in [5.74, 6) is 0.203. The molecule has 0 saturated carbocycles. The smallest absolute Gasteiger partial charge is 0.422 e.